The second kappa shape index (κ2) is 27.0. The number of halogens is 1. The van der Waals surface area contributed by atoms with E-state index in [-0.39, 0.29) is 41.5 Å². The van der Waals surface area contributed by atoms with Gasteiger partial charge in [0, 0.05) is 59.0 Å². The molecule has 0 aromatic rings. The summed E-state index contributed by atoms with van der Waals surface area (Å²) >= 11 is 0. The molecule has 1 N–H and O–H groups in total. The molecular formula is C39H59FN6O6. The van der Waals surface area contributed by atoms with Gasteiger partial charge in [0.05, 0.1) is 17.9 Å². The molecule has 288 valence electrons. The Morgan fingerprint density at radius 2 is 1.83 bits per heavy atom. The van der Waals surface area contributed by atoms with Gasteiger partial charge in [-0.25, -0.2) is 9.18 Å². The molecule has 6 amide bonds. The lowest BCUT2D eigenvalue weighted by Crippen LogP contribution is -2.53. The fourth-order valence-corrected chi connectivity index (χ4v) is 5.34. The highest BCUT2D eigenvalue weighted by molar-refractivity contribution is 6.05. The van der Waals surface area contributed by atoms with Crippen LogP contribution in [0.25, 0.3) is 0 Å². The maximum absolute atomic E-state index is 13.1. The van der Waals surface area contributed by atoms with Crippen LogP contribution in [0, 0.1) is 12.3 Å². The number of carbonyl (C=O) groups excluding carboxylic acids is 5. The highest BCUT2D eigenvalue weighted by atomic mass is 19.1. The number of terminal acetylenes is 1. The average Bonchev–Trinajstić information content (AvgIpc) is 3.67. The van der Waals surface area contributed by atoms with E-state index in [4.69, 9.17) is 11.2 Å². The van der Waals surface area contributed by atoms with Gasteiger partial charge in [-0.1, -0.05) is 70.9 Å². The summed E-state index contributed by atoms with van der Waals surface area (Å²) in [7, 11) is 3.20. The van der Waals surface area contributed by atoms with Gasteiger partial charge in [0.15, 0.2) is 0 Å². The van der Waals surface area contributed by atoms with Gasteiger partial charge in [0.1, 0.15) is 11.9 Å². The van der Waals surface area contributed by atoms with Crippen LogP contribution < -0.4 is 5.32 Å². The number of hydrogen-bond donors (Lipinski definition) is 1. The minimum Gasteiger partial charge on any atom is -0.381 e. The van der Waals surface area contributed by atoms with Crippen molar-refractivity contribution in [3.8, 4) is 12.3 Å². The number of urea groups is 1. The number of methoxy groups -OCH3 is 1. The van der Waals surface area contributed by atoms with Crippen LogP contribution in [0.2, 0.25) is 0 Å². The van der Waals surface area contributed by atoms with Crippen molar-refractivity contribution < 1.29 is 33.1 Å². The molecule has 52 heavy (non-hydrogen) atoms. The molecule has 1 atom stereocenters. The second-order valence-corrected chi connectivity index (χ2v) is 11.6. The maximum atomic E-state index is 13.1. The van der Waals surface area contributed by atoms with E-state index in [2.05, 4.69) is 36.2 Å². The van der Waals surface area contributed by atoms with E-state index in [1.165, 1.54) is 11.8 Å². The lowest BCUT2D eigenvalue weighted by Gasteiger charge is -2.37. The summed E-state index contributed by atoms with van der Waals surface area (Å²) in [5.74, 6) is 1.35. The van der Waals surface area contributed by atoms with Crippen molar-refractivity contribution in [1.82, 2.24) is 24.9 Å². The lowest BCUT2D eigenvalue weighted by molar-refractivity contribution is -0.141. The Morgan fingerprint density at radius 1 is 1.17 bits per heavy atom. The van der Waals surface area contributed by atoms with E-state index in [1.54, 1.807) is 31.2 Å². The number of unbranched alkanes of at least 4 members (excludes halogenated alkanes) is 1. The Labute approximate surface area is 310 Å². The summed E-state index contributed by atoms with van der Waals surface area (Å²) in [5, 5.41) is 1.81. The molecule has 2 fully saturated rings. The number of likely N-dealkylation sites (N-methyl/N-ethyl adjacent to an activating group) is 2. The smallest absolute Gasteiger partial charge is 0.348 e. The quantitative estimate of drug-likeness (QED) is 0.127. The summed E-state index contributed by atoms with van der Waals surface area (Å²) in [4.78, 5) is 67.9. The van der Waals surface area contributed by atoms with Crippen molar-refractivity contribution in [2.75, 3.05) is 60.0 Å². The summed E-state index contributed by atoms with van der Waals surface area (Å²) in [6.07, 6.45) is 18.6. The average molecular weight is 727 g/mol. The molecule has 3 aliphatic rings. The Bertz CT molecular complexity index is 1400. The number of ether oxygens (including phenoxy) is 1. The van der Waals surface area contributed by atoms with Gasteiger partial charge in [-0.2, -0.15) is 4.99 Å². The zero-order valence-electron chi connectivity index (χ0n) is 32.4. The number of nitrogens with zero attached hydrogens (tertiary/aromatic N) is 5. The van der Waals surface area contributed by atoms with Crippen LogP contribution in [0.3, 0.4) is 0 Å². The van der Waals surface area contributed by atoms with Gasteiger partial charge < -0.3 is 24.3 Å². The van der Waals surface area contributed by atoms with Gasteiger partial charge in [-0.15, -0.1) is 6.42 Å². The van der Waals surface area contributed by atoms with E-state index >= 15 is 0 Å². The van der Waals surface area contributed by atoms with Crippen molar-refractivity contribution in [2.45, 2.75) is 79.7 Å². The Kier molecular flexibility index (Phi) is 24.6. The number of hydrogen-bond acceptors (Lipinski definition) is 7. The first-order chi connectivity index (χ1) is 24.9. The van der Waals surface area contributed by atoms with E-state index in [0.29, 0.717) is 31.6 Å². The number of rotatable bonds is 12. The monoisotopic (exact) mass is 726 g/mol. The molecule has 0 aromatic heterocycles. The molecule has 3 rings (SSSR count). The van der Waals surface area contributed by atoms with Gasteiger partial charge in [0.25, 0.3) is 5.91 Å². The van der Waals surface area contributed by atoms with Crippen molar-refractivity contribution >= 4 is 35.9 Å². The highest BCUT2D eigenvalue weighted by Gasteiger charge is 2.40. The van der Waals surface area contributed by atoms with Crippen molar-refractivity contribution in [2.24, 2.45) is 4.99 Å². The number of likely N-dealkylation sites (tertiary alicyclic amines) is 1. The molecule has 12 nitrogen and oxygen atoms in total. The third-order valence-corrected chi connectivity index (χ3v) is 8.01. The number of carbonyl (C=O) groups is 5. The molecular weight excluding hydrogens is 667 g/mol. The minimum absolute atomic E-state index is 0.0739. The molecule has 0 bridgehead atoms. The molecule has 13 heteroatoms. The zero-order chi connectivity index (χ0) is 39.6. The Hall–Kier alpha value is -4.67. The van der Waals surface area contributed by atoms with Crippen LogP contribution in [0.4, 0.5) is 9.18 Å². The third kappa shape index (κ3) is 16.1. The van der Waals surface area contributed by atoms with Gasteiger partial charge in [0.2, 0.25) is 18.2 Å². The molecule has 0 aromatic carbocycles. The molecule has 3 heterocycles. The maximum Gasteiger partial charge on any atom is 0.348 e. The molecule has 2 saturated heterocycles. The Morgan fingerprint density at radius 3 is 2.35 bits per heavy atom. The Balaban J connectivity index is 0.000000817. The molecule has 0 saturated carbocycles. The first-order valence-electron chi connectivity index (χ1n) is 17.8. The summed E-state index contributed by atoms with van der Waals surface area (Å²) < 4.78 is 17.9. The lowest BCUT2D eigenvalue weighted by atomic mass is 10.1. The number of nitrogens with one attached hydrogen (secondary N) is 1. The highest BCUT2D eigenvalue weighted by Crippen LogP contribution is 2.28. The van der Waals surface area contributed by atoms with Crippen molar-refractivity contribution in [1.29, 1.82) is 0 Å². The minimum atomic E-state index is -0.745. The number of imide groups is 1. The first kappa shape index (κ1) is 47.3. The van der Waals surface area contributed by atoms with Crippen LogP contribution in [0.5, 0.6) is 0 Å². The number of aliphatic imine (C=N–C) groups is 1. The number of piperazine rings is 1. The van der Waals surface area contributed by atoms with E-state index in [1.807, 2.05) is 49.2 Å². The third-order valence-electron chi connectivity index (χ3n) is 8.01. The van der Waals surface area contributed by atoms with Crippen molar-refractivity contribution in [3.05, 3.63) is 59.6 Å². The van der Waals surface area contributed by atoms with E-state index < -0.39 is 11.9 Å². The SMILES string of the molecule is C#C/C(C)=N/C(=O)NC=O.C/C=C/C=C(\CCCC)N1C(=O)CCC1C(=O)N1CCN(CC)CC1.C=C(F)C1=C(/C=C\COC)CN(C)C1=O.CC. The van der Waals surface area contributed by atoms with Crippen molar-refractivity contribution in [3.63, 3.8) is 0 Å². The second-order valence-electron chi connectivity index (χ2n) is 11.6. The summed E-state index contributed by atoms with van der Waals surface area (Å²) in [5.41, 5.74) is 1.95. The van der Waals surface area contributed by atoms with Gasteiger partial charge in [-0.3, -0.25) is 24.5 Å². The van der Waals surface area contributed by atoms with E-state index in [0.717, 1.165) is 57.7 Å². The first-order valence-corrected chi connectivity index (χ1v) is 17.8. The zero-order valence-corrected chi connectivity index (χ0v) is 32.4. The normalized spacial score (nSPS) is 18.0. The largest absolute Gasteiger partial charge is 0.381 e. The molecule has 1 unspecified atom stereocenters. The van der Waals surface area contributed by atoms with Crippen LogP contribution in [-0.4, -0.2) is 122 Å². The van der Waals surface area contributed by atoms with Crippen LogP contribution in [0.1, 0.15) is 73.6 Å². The number of allylic oxidation sites excluding steroid dienone is 4. The molecule has 3 aliphatic heterocycles. The predicted molar refractivity (Wildman–Crippen MR) is 205 cm³/mol. The van der Waals surface area contributed by atoms with Gasteiger partial charge in [-0.05, 0) is 51.3 Å². The van der Waals surface area contributed by atoms with Crippen LogP contribution in [-0.2, 0) is 23.9 Å². The molecule has 0 aliphatic carbocycles. The van der Waals surface area contributed by atoms with Crippen LogP contribution >= 0.6 is 0 Å². The standard InChI is InChI=1S/C20H33N3O2.C11H14FNO2.C6H6N2O2.C2H6/c1-4-7-9-17(10-8-5-2)23-18(11-12-19(23)24)20(25)22-15-13-21(6-3)14-16-22;1-8(12)10-9(5-4-6-15-3)7-13(2)11(10)14;1-3-5(2)8-6(10)7-4-9;1-2/h4,7,9,18H,5-6,8,10-16H2,1-3H3;4-5H,1,6-7H2,2-3H3;1,4H,2H3,(H,7,9,10);1-2H3/b7-4+,17-9+;5-4-;8-5+;. The fourth-order valence-electron chi connectivity index (χ4n) is 5.34. The summed E-state index contributed by atoms with van der Waals surface area (Å²) in [6, 6.07) is -1.06. The number of amides is 6. The fraction of sp³-hybridized carbons (Fsp3) is 0.538. The van der Waals surface area contributed by atoms with Gasteiger partial charge >= 0.3 is 6.03 Å². The summed E-state index contributed by atoms with van der Waals surface area (Å²) in [6.45, 7) is 20.2. The van der Waals surface area contributed by atoms with Crippen LogP contribution in [0.15, 0.2) is 64.6 Å². The molecule has 0 spiro atoms. The topological polar surface area (TPSA) is 132 Å². The predicted octanol–water partition coefficient (Wildman–Crippen LogP) is 5.21. The van der Waals surface area contributed by atoms with E-state index in [9.17, 15) is 28.4 Å². The molecule has 0 radical (unpaired) electrons.